The van der Waals surface area contributed by atoms with E-state index in [0.29, 0.717) is 0 Å². The molecule has 2 atom stereocenters. The molecule has 0 heterocycles. The normalized spacial score (nSPS) is 14.8. The molecule has 0 saturated carbocycles. The van der Waals surface area contributed by atoms with Gasteiger partial charge in [-0.2, -0.15) is 0 Å². The molecule has 0 aliphatic rings. The summed E-state index contributed by atoms with van der Waals surface area (Å²) in [7, 11) is 3.61. The smallest absolute Gasteiger partial charge is 0.123 e. The van der Waals surface area contributed by atoms with Crippen LogP contribution in [0.15, 0.2) is 24.3 Å². The lowest BCUT2D eigenvalue weighted by Gasteiger charge is -2.25. The van der Waals surface area contributed by atoms with Gasteiger partial charge in [-0.05, 0) is 31.2 Å². The molecule has 1 aromatic rings. The first kappa shape index (κ1) is 13.1. The Kier molecular flexibility index (Phi) is 5.43. The van der Waals surface area contributed by atoms with Gasteiger partial charge in [0.05, 0.1) is 12.1 Å². The number of methoxy groups -OCH3 is 1. The van der Waals surface area contributed by atoms with E-state index in [1.54, 1.807) is 19.2 Å². The zero-order valence-electron chi connectivity index (χ0n) is 10.2. The van der Waals surface area contributed by atoms with Gasteiger partial charge < -0.3 is 10.1 Å². The van der Waals surface area contributed by atoms with Crippen LogP contribution in [-0.2, 0) is 4.74 Å². The van der Waals surface area contributed by atoms with Gasteiger partial charge in [-0.1, -0.05) is 25.5 Å². The van der Waals surface area contributed by atoms with Crippen LogP contribution < -0.4 is 5.32 Å². The van der Waals surface area contributed by atoms with Crippen LogP contribution in [0.1, 0.15) is 31.4 Å². The quantitative estimate of drug-likeness (QED) is 0.803. The van der Waals surface area contributed by atoms with Crippen molar-refractivity contribution in [2.24, 2.45) is 0 Å². The van der Waals surface area contributed by atoms with Gasteiger partial charge in [0, 0.05) is 7.11 Å². The van der Waals surface area contributed by atoms with E-state index in [0.717, 1.165) is 18.4 Å². The van der Waals surface area contributed by atoms with Crippen LogP contribution >= 0.6 is 0 Å². The predicted octanol–water partition coefficient (Wildman–Crippen LogP) is 2.90. The fourth-order valence-corrected chi connectivity index (χ4v) is 1.94. The van der Waals surface area contributed by atoms with Crippen molar-refractivity contribution in [3.05, 3.63) is 35.6 Å². The second-order valence-electron chi connectivity index (χ2n) is 3.88. The molecule has 0 aliphatic carbocycles. The molecule has 90 valence electrons. The number of likely N-dealkylation sites (N-methyl/N-ethyl adjacent to an activating group) is 1. The van der Waals surface area contributed by atoms with Crippen LogP contribution in [-0.4, -0.2) is 20.3 Å². The van der Waals surface area contributed by atoms with Crippen molar-refractivity contribution in [1.82, 2.24) is 5.32 Å². The Morgan fingerprint density at radius 2 is 1.94 bits per heavy atom. The number of halogens is 1. The van der Waals surface area contributed by atoms with E-state index in [1.807, 2.05) is 7.05 Å². The molecule has 1 aromatic carbocycles. The van der Waals surface area contributed by atoms with E-state index in [2.05, 4.69) is 12.2 Å². The lowest BCUT2D eigenvalue weighted by Crippen LogP contribution is -2.30. The second kappa shape index (κ2) is 6.61. The zero-order valence-corrected chi connectivity index (χ0v) is 10.2. The molecule has 0 amide bonds. The second-order valence-corrected chi connectivity index (χ2v) is 3.88. The number of hydrogen-bond acceptors (Lipinski definition) is 2. The third-order valence-electron chi connectivity index (χ3n) is 2.79. The maximum absolute atomic E-state index is 12.8. The van der Waals surface area contributed by atoms with Crippen molar-refractivity contribution >= 4 is 0 Å². The molecule has 1 rings (SSSR count). The summed E-state index contributed by atoms with van der Waals surface area (Å²) in [5.74, 6) is -0.205. The van der Waals surface area contributed by atoms with Crippen molar-refractivity contribution < 1.29 is 9.13 Å². The highest BCUT2D eigenvalue weighted by molar-refractivity contribution is 5.21. The topological polar surface area (TPSA) is 21.3 Å². The highest BCUT2D eigenvalue weighted by Crippen LogP contribution is 2.22. The largest absolute Gasteiger partial charge is 0.379 e. The summed E-state index contributed by atoms with van der Waals surface area (Å²) in [5.41, 5.74) is 1.06. The van der Waals surface area contributed by atoms with Gasteiger partial charge >= 0.3 is 0 Å². The average molecular weight is 225 g/mol. The molecule has 0 spiro atoms. The Bertz CT molecular complexity index is 299. The van der Waals surface area contributed by atoms with Crippen LogP contribution in [0.25, 0.3) is 0 Å². The predicted molar refractivity (Wildman–Crippen MR) is 63.9 cm³/mol. The third kappa shape index (κ3) is 3.29. The van der Waals surface area contributed by atoms with Crippen LogP contribution in [0.2, 0.25) is 0 Å². The molecule has 0 saturated heterocycles. The fourth-order valence-electron chi connectivity index (χ4n) is 1.94. The van der Waals surface area contributed by atoms with Crippen LogP contribution in [0.3, 0.4) is 0 Å². The Hall–Kier alpha value is -0.930. The molecule has 0 aliphatic heterocycles. The summed E-state index contributed by atoms with van der Waals surface area (Å²) in [4.78, 5) is 0. The van der Waals surface area contributed by atoms with Gasteiger partial charge in [0.15, 0.2) is 0 Å². The maximum Gasteiger partial charge on any atom is 0.123 e. The van der Waals surface area contributed by atoms with Crippen LogP contribution in [0, 0.1) is 5.82 Å². The fraction of sp³-hybridized carbons (Fsp3) is 0.538. The minimum absolute atomic E-state index is 0.116. The van der Waals surface area contributed by atoms with Crippen LogP contribution in [0.5, 0.6) is 0 Å². The van der Waals surface area contributed by atoms with Crippen molar-refractivity contribution in [3.63, 3.8) is 0 Å². The van der Waals surface area contributed by atoms with Gasteiger partial charge in [-0.25, -0.2) is 4.39 Å². The molecule has 2 unspecified atom stereocenters. The number of ether oxygens (including phenoxy) is 1. The number of rotatable bonds is 6. The van der Waals surface area contributed by atoms with Gasteiger partial charge in [0.25, 0.3) is 0 Å². The summed E-state index contributed by atoms with van der Waals surface area (Å²) in [6.45, 7) is 2.13. The van der Waals surface area contributed by atoms with Gasteiger partial charge in [-0.3, -0.25) is 0 Å². The third-order valence-corrected chi connectivity index (χ3v) is 2.79. The van der Waals surface area contributed by atoms with Gasteiger partial charge in [0.2, 0.25) is 0 Å². The molecule has 0 aromatic heterocycles. The number of nitrogens with one attached hydrogen (secondary N) is 1. The average Bonchev–Trinajstić information content (AvgIpc) is 2.31. The van der Waals surface area contributed by atoms with Crippen molar-refractivity contribution in [2.75, 3.05) is 14.2 Å². The van der Waals surface area contributed by atoms with E-state index >= 15 is 0 Å². The van der Waals surface area contributed by atoms with Gasteiger partial charge in [0.1, 0.15) is 5.82 Å². The lowest BCUT2D eigenvalue weighted by molar-refractivity contribution is 0.0630. The van der Waals surface area contributed by atoms with Crippen molar-refractivity contribution in [1.29, 1.82) is 0 Å². The van der Waals surface area contributed by atoms with E-state index in [9.17, 15) is 4.39 Å². The molecule has 0 fully saturated rings. The highest BCUT2D eigenvalue weighted by atomic mass is 19.1. The molecular formula is C13H20FNO. The number of benzene rings is 1. The summed E-state index contributed by atoms with van der Waals surface area (Å²) in [6.07, 6.45) is 2.18. The number of hydrogen-bond donors (Lipinski definition) is 1. The Balaban J connectivity index is 2.83. The molecule has 1 N–H and O–H groups in total. The Labute approximate surface area is 96.8 Å². The monoisotopic (exact) mass is 225 g/mol. The minimum Gasteiger partial charge on any atom is -0.379 e. The van der Waals surface area contributed by atoms with E-state index in [-0.39, 0.29) is 18.0 Å². The molecule has 16 heavy (non-hydrogen) atoms. The van der Waals surface area contributed by atoms with Crippen molar-refractivity contribution in [3.8, 4) is 0 Å². The summed E-state index contributed by atoms with van der Waals surface area (Å²) < 4.78 is 18.3. The molecular weight excluding hydrogens is 205 g/mol. The standard InChI is InChI=1S/C13H20FNO/c1-4-5-12(16-3)13(15-2)10-6-8-11(14)9-7-10/h6-9,12-13,15H,4-5H2,1-3H3. The van der Waals surface area contributed by atoms with Gasteiger partial charge in [-0.15, -0.1) is 0 Å². The molecule has 0 bridgehead atoms. The summed E-state index contributed by atoms with van der Waals surface area (Å²) in [5, 5.41) is 3.23. The van der Waals surface area contributed by atoms with Crippen molar-refractivity contribution in [2.45, 2.75) is 31.9 Å². The zero-order chi connectivity index (χ0) is 12.0. The highest BCUT2D eigenvalue weighted by Gasteiger charge is 2.20. The van der Waals surface area contributed by atoms with E-state index in [4.69, 9.17) is 4.74 Å². The van der Waals surface area contributed by atoms with Crippen LogP contribution in [0.4, 0.5) is 4.39 Å². The molecule has 3 heteroatoms. The summed E-state index contributed by atoms with van der Waals surface area (Å²) >= 11 is 0. The lowest BCUT2D eigenvalue weighted by atomic mass is 9.98. The van der Waals surface area contributed by atoms with E-state index in [1.165, 1.54) is 12.1 Å². The maximum atomic E-state index is 12.8. The summed E-state index contributed by atoms with van der Waals surface area (Å²) in [6, 6.07) is 6.69. The van der Waals surface area contributed by atoms with E-state index < -0.39 is 0 Å². The first-order chi connectivity index (χ1) is 7.72. The molecule has 2 nitrogen and oxygen atoms in total. The molecule has 0 radical (unpaired) electrons. The SMILES string of the molecule is CCCC(OC)C(NC)c1ccc(F)cc1. The Morgan fingerprint density at radius 1 is 1.31 bits per heavy atom. The Morgan fingerprint density at radius 3 is 2.38 bits per heavy atom. The first-order valence-corrected chi connectivity index (χ1v) is 5.68. The first-order valence-electron chi connectivity index (χ1n) is 5.68. The minimum atomic E-state index is -0.205.